The fourth-order valence-electron chi connectivity index (χ4n) is 4.15. The van der Waals surface area contributed by atoms with Gasteiger partial charge in [0.15, 0.2) is 0 Å². The standard InChI is InChI=1S/C26H19BrN2O2/c27-21-12-13-23-22(15-21)25(18-7-2-1-3-8-18)29(16-24(30)28-23)26(31)20-11-10-17-6-4-5-9-19(17)14-20/h1-15,25H,16H2,(H,28,30). The van der Waals surface area contributed by atoms with Crippen LogP contribution >= 0.6 is 15.9 Å². The molecule has 0 aliphatic carbocycles. The molecule has 1 aliphatic rings. The normalized spacial score (nSPS) is 15.8. The van der Waals surface area contributed by atoms with Crippen molar-refractivity contribution in [3.05, 3.63) is 112 Å². The minimum atomic E-state index is -0.397. The van der Waals surface area contributed by atoms with Crippen molar-refractivity contribution in [3.63, 3.8) is 0 Å². The largest absolute Gasteiger partial charge is 0.324 e. The third kappa shape index (κ3) is 3.73. The summed E-state index contributed by atoms with van der Waals surface area (Å²) >= 11 is 3.54. The minimum absolute atomic E-state index is 0.0302. The molecule has 31 heavy (non-hydrogen) atoms. The molecule has 0 aromatic heterocycles. The Morgan fingerprint density at radius 1 is 0.871 bits per heavy atom. The van der Waals surface area contributed by atoms with E-state index in [1.807, 2.05) is 91.0 Å². The van der Waals surface area contributed by atoms with Gasteiger partial charge in [0.1, 0.15) is 6.54 Å². The zero-order valence-electron chi connectivity index (χ0n) is 16.6. The minimum Gasteiger partial charge on any atom is -0.324 e. The third-order valence-corrected chi connectivity index (χ3v) is 6.07. The van der Waals surface area contributed by atoms with Crippen LogP contribution < -0.4 is 5.32 Å². The molecule has 5 rings (SSSR count). The van der Waals surface area contributed by atoms with Crippen molar-refractivity contribution >= 4 is 44.2 Å². The molecule has 4 aromatic rings. The molecule has 1 N–H and O–H groups in total. The molecule has 0 radical (unpaired) electrons. The van der Waals surface area contributed by atoms with Crippen molar-refractivity contribution in [2.24, 2.45) is 0 Å². The van der Waals surface area contributed by atoms with E-state index in [0.717, 1.165) is 32.1 Å². The van der Waals surface area contributed by atoms with Crippen molar-refractivity contribution < 1.29 is 9.59 Å². The highest BCUT2D eigenvalue weighted by atomic mass is 79.9. The highest BCUT2D eigenvalue weighted by molar-refractivity contribution is 9.10. The van der Waals surface area contributed by atoms with Crippen LogP contribution in [0.1, 0.15) is 27.5 Å². The number of fused-ring (bicyclic) bond motifs is 2. The van der Waals surface area contributed by atoms with Crippen molar-refractivity contribution in [1.29, 1.82) is 0 Å². The number of nitrogens with zero attached hydrogens (tertiary/aromatic N) is 1. The van der Waals surface area contributed by atoms with Gasteiger partial charge >= 0.3 is 0 Å². The molecule has 152 valence electrons. The van der Waals surface area contributed by atoms with Crippen molar-refractivity contribution in [2.75, 3.05) is 11.9 Å². The molecule has 4 nitrogen and oxygen atoms in total. The van der Waals surface area contributed by atoms with Crippen LogP contribution in [-0.4, -0.2) is 23.3 Å². The Labute approximate surface area is 188 Å². The molecule has 1 unspecified atom stereocenters. The molecule has 1 heterocycles. The van der Waals surface area contributed by atoms with Crippen LogP contribution in [0.2, 0.25) is 0 Å². The molecular weight excluding hydrogens is 452 g/mol. The first-order chi connectivity index (χ1) is 15.1. The first-order valence-electron chi connectivity index (χ1n) is 10.0. The molecule has 2 amide bonds. The number of benzene rings is 4. The first-order valence-corrected chi connectivity index (χ1v) is 10.8. The second-order valence-electron chi connectivity index (χ2n) is 7.59. The van der Waals surface area contributed by atoms with Crippen LogP contribution in [0.25, 0.3) is 10.8 Å². The molecule has 0 bridgehead atoms. The van der Waals surface area contributed by atoms with Crippen molar-refractivity contribution in [2.45, 2.75) is 6.04 Å². The zero-order chi connectivity index (χ0) is 21.4. The van der Waals surface area contributed by atoms with Crippen LogP contribution in [-0.2, 0) is 4.79 Å². The van der Waals surface area contributed by atoms with Gasteiger partial charge in [-0.15, -0.1) is 0 Å². The van der Waals surface area contributed by atoms with E-state index in [-0.39, 0.29) is 18.4 Å². The topological polar surface area (TPSA) is 49.4 Å². The van der Waals surface area contributed by atoms with Crippen LogP contribution in [0, 0.1) is 0 Å². The molecule has 0 spiro atoms. The van der Waals surface area contributed by atoms with Gasteiger partial charge in [-0.05, 0) is 46.7 Å². The fourth-order valence-corrected chi connectivity index (χ4v) is 4.53. The molecule has 4 aromatic carbocycles. The number of amides is 2. The summed E-state index contributed by atoms with van der Waals surface area (Å²) in [5.74, 6) is -0.390. The van der Waals surface area contributed by atoms with E-state index < -0.39 is 6.04 Å². The summed E-state index contributed by atoms with van der Waals surface area (Å²) in [5.41, 5.74) is 3.11. The van der Waals surface area contributed by atoms with Gasteiger partial charge in [0.05, 0.1) is 6.04 Å². The monoisotopic (exact) mass is 470 g/mol. The van der Waals surface area contributed by atoms with E-state index in [1.165, 1.54) is 0 Å². The quantitative estimate of drug-likeness (QED) is 0.403. The van der Waals surface area contributed by atoms with Gasteiger partial charge in [0.25, 0.3) is 5.91 Å². The van der Waals surface area contributed by atoms with E-state index in [1.54, 1.807) is 4.90 Å². The maximum Gasteiger partial charge on any atom is 0.255 e. The lowest BCUT2D eigenvalue weighted by atomic mass is 9.95. The summed E-state index contributed by atoms with van der Waals surface area (Å²) in [6, 6.07) is 28.8. The van der Waals surface area contributed by atoms with E-state index in [4.69, 9.17) is 0 Å². The lowest BCUT2D eigenvalue weighted by molar-refractivity contribution is -0.117. The van der Waals surface area contributed by atoms with Crippen LogP contribution in [0.15, 0.2) is 95.5 Å². The zero-order valence-corrected chi connectivity index (χ0v) is 18.2. The molecule has 1 aliphatic heterocycles. The van der Waals surface area contributed by atoms with Gasteiger partial charge in [-0.25, -0.2) is 0 Å². The summed E-state index contributed by atoms with van der Waals surface area (Å²) in [6.45, 7) is -0.0302. The molecule has 1 atom stereocenters. The number of anilines is 1. The smallest absolute Gasteiger partial charge is 0.255 e. The van der Waals surface area contributed by atoms with Crippen LogP contribution in [0.5, 0.6) is 0 Å². The Hall–Kier alpha value is -3.44. The maximum atomic E-state index is 13.8. The van der Waals surface area contributed by atoms with Crippen molar-refractivity contribution in [3.8, 4) is 0 Å². The van der Waals surface area contributed by atoms with E-state index in [9.17, 15) is 9.59 Å². The van der Waals surface area contributed by atoms with Gasteiger partial charge in [0.2, 0.25) is 5.91 Å². The van der Waals surface area contributed by atoms with Gasteiger partial charge in [-0.2, -0.15) is 0 Å². The van der Waals surface area contributed by atoms with E-state index in [2.05, 4.69) is 21.2 Å². The second-order valence-corrected chi connectivity index (χ2v) is 8.50. The highest BCUT2D eigenvalue weighted by Crippen LogP contribution is 2.38. The Balaban J connectivity index is 1.66. The number of carbonyl (C=O) groups is 2. The van der Waals surface area contributed by atoms with Crippen molar-refractivity contribution in [1.82, 2.24) is 4.90 Å². The Morgan fingerprint density at radius 2 is 1.61 bits per heavy atom. The SMILES string of the molecule is O=C1CN(C(=O)c2ccc3ccccc3c2)C(c2ccccc2)c2cc(Br)ccc2N1. The van der Waals surface area contributed by atoms with Gasteiger partial charge < -0.3 is 10.2 Å². The number of halogens is 1. The number of carbonyl (C=O) groups excluding carboxylic acids is 2. The summed E-state index contributed by atoms with van der Waals surface area (Å²) in [4.78, 5) is 28.2. The molecular formula is C26H19BrN2O2. The van der Waals surface area contributed by atoms with E-state index >= 15 is 0 Å². The Kier molecular flexibility index (Phi) is 5.04. The van der Waals surface area contributed by atoms with Gasteiger partial charge in [-0.1, -0.05) is 76.6 Å². The van der Waals surface area contributed by atoms with Gasteiger partial charge in [-0.3, -0.25) is 9.59 Å². The predicted octanol–water partition coefficient (Wildman–Crippen LogP) is 5.79. The maximum absolute atomic E-state index is 13.8. The molecule has 0 saturated heterocycles. The summed E-state index contributed by atoms with van der Waals surface area (Å²) in [6.07, 6.45) is 0. The number of rotatable bonds is 2. The first kappa shape index (κ1) is 19.5. The highest BCUT2D eigenvalue weighted by Gasteiger charge is 2.34. The second kappa shape index (κ2) is 8.00. The van der Waals surface area contributed by atoms with Gasteiger partial charge in [0, 0.05) is 21.3 Å². The molecule has 5 heteroatoms. The summed E-state index contributed by atoms with van der Waals surface area (Å²) in [7, 11) is 0. The molecule has 0 fully saturated rings. The number of hydrogen-bond acceptors (Lipinski definition) is 2. The third-order valence-electron chi connectivity index (χ3n) is 5.58. The van der Waals surface area contributed by atoms with Crippen LogP contribution in [0.3, 0.4) is 0 Å². The van der Waals surface area contributed by atoms with Crippen LogP contribution in [0.4, 0.5) is 5.69 Å². The predicted molar refractivity (Wildman–Crippen MR) is 126 cm³/mol. The molecule has 0 saturated carbocycles. The lowest BCUT2D eigenvalue weighted by Gasteiger charge is -2.31. The summed E-state index contributed by atoms with van der Waals surface area (Å²) < 4.78 is 0.890. The fraction of sp³-hybridized carbons (Fsp3) is 0.0769. The number of nitrogens with one attached hydrogen (secondary N) is 1. The average molecular weight is 471 g/mol. The number of hydrogen-bond donors (Lipinski definition) is 1. The Morgan fingerprint density at radius 3 is 2.42 bits per heavy atom. The average Bonchev–Trinajstić information content (AvgIpc) is 2.94. The lowest BCUT2D eigenvalue weighted by Crippen LogP contribution is -2.39. The summed E-state index contributed by atoms with van der Waals surface area (Å²) in [5, 5.41) is 5.03. The van der Waals surface area contributed by atoms with E-state index in [0.29, 0.717) is 5.56 Å². The Bertz CT molecular complexity index is 1300.